The second-order valence-electron chi connectivity index (χ2n) is 5.62. The molecule has 2 nitrogen and oxygen atoms in total. The molecule has 1 amide bonds. The summed E-state index contributed by atoms with van der Waals surface area (Å²) in [6, 6.07) is 9.92. The summed E-state index contributed by atoms with van der Waals surface area (Å²) in [7, 11) is 0. The van der Waals surface area contributed by atoms with Crippen LogP contribution in [0.2, 0.25) is 0 Å². The number of alkyl halides is 3. The predicted octanol–water partition coefficient (Wildman–Crippen LogP) is 4.26. The van der Waals surface area contributed by atoms with E-state index in [1.54, 1.807) is 12.1 Å². The van der Waals surface area contributed by atoms with E-state index in [1.807, 2.05) is 0 Å². The van der Waals surface area contributed by atoms with Crippen LogP contribution in [0.25, 0.3) is 0 Å². The molecular formula is C17H13F4NO. The summed E-state index contributed by atoms with van der Waals surface area (Å²) in [5.74, 6) is -0.806. The van der Waals surface area contributed by atoms with Crippen LogP contribution in [0.15, 0.2) is 48.5 Å². The largest absolute Gasteiger partial charge is 0.416 e. The van der Waals surface area contributed by atoms with Gasteiger partial charge < -0.3 is 5.32 Å². The van der Waals surface area contributed by atoms with Gasteiger partial charge in [-0.3, -0.25) is 4.79 Å². The van der Waals surface area contributed by atoms with Gasteiger partial charge in [0.15, 0.2) is 0 Å². The molecule has 2 aromatic carbocycles. The Balaban J connectivity index is 1.75. The Kier molecular flexibility index (Phi) is 3.62. The number of benzene rings is 2. The van der Waals surface area contributed by atoms with E-state index in [0.29, 0.717) is 12.8 Å². The minimum Gasteiger partial charge on any atom is -0.343 e. The van der Waals surface area contributed by atoms with Crippen LogP contribution in [0.1, 0.15) is 34.3 Å². The van der Waals surface area contributed by atoms with Crippen molar-refractivity contribution in [3.8, 4) is 0 Å². The first kappa shape index (κ1) is 15.5. The monoisotopic (exact) mass is 323 g/mol. The van der Waals surface area contributed by atoms with Crippen molar-refractivity contribution in [3.05, 3.63) is 71.0 Å². The molecule has 120 valence electrons. The lowest BCUT2D eigenvalue weighted by Crippen LogP contribution is -2.34. The quantitative estimate of drug-likeness (QED) is 0.840. The average Bonchev–Trinajstić information content (AvgIpc) is 3.28. The fourth-order valence-corrected chi connectivity index (χ4v) is 2.48. The highest BCUT2D eigenvalue weighted by Crippen LogP contribution is 2.45. The number of hydrogen-bond acceptors (Lipinski definition) is 1. The van der Waals surface area contributed by atoms with Gasteiger partial charge in [-0.15, -0.1) is 0 Å². The van der Waals surface area contributed by atoms with E-state index in [0.717, 1.165) is 29.8 Å². The standard InChI is InChI=1S/C17H13F4NO/c18-14-7-5-12(6-8-14)16(9-10-16)22-15(23)11-1-3-13(4-2-11)17(19,20)21/h1-8H,9-10H2,(H,22,23). The molecule has 3 rings (SSSR count). The lowest BCUT2D eigenvalue weighted by Gasteiger charge is -2.18. The summed E-state index contributed by atoms with van der Waals surface area (Å²) < 4.78 is 50.6. The van der Waals surface area contributed by atoms with Crippen molar-refractivity contribution in [2.45, 2.75) is 24.6 Å². The van der Waals surface area contributed by atoms with Crippen LogP contribution in [0.5, 0.6) is 0 Å². The van der Waals surface area contributed by atoms with E-state index in [9.17, 15) is 22.4 Å². The van der Waals surface area contributed by atoms with Crippen LogP contribution in [-0.4, -0.2) is 5.91 Å². The third-order valence-corrected chi connectivity index (χ3v) is 3.97. The third kappa shape index (κ3) is 3.21. The summed E-state index contributed by atoms with van der Waals surface area (Å²) >= 11 is 0. The molecule has 0 radical (unpaired) electrons. The van der Waals surface area contributed by atoms with Gasteiger partial charge in [0.1, 0.15) is 5.82 Å². The average molecular weight is 323 g/mol. The van der Waals surface area contributed by atoms with Gasteiger partial charge in [0.25, 0.3) is 5.91 Å². The van der Waals surface area contributed by atoms with Crippen molar-refractivity contribution in [2.75, 3.05) is 0 Å². The van der Waals surface area contributed by atoms with Crippen molar-refractivity contribution in [1.29, 1.82) is 0 Å². The van der Waals surface area contributed by atoms with Gasteiger partial charge in [-0.05, 0) is 54.8 Å². The van der Waals surface area contributed by atoms with Crippen molar-refractivity contribution in [1.82, 2.24) is 5.32 Å². The van der Waals surface area contributed by atoms with Gasteiger partial charge in [0, 0.05) is 5.56 Å². The molecule has 0 atom stereocenters. The molecule has 6 heteroatoms. The predicted molar refractivity (Wildman–Crippen MR) is 76.2 cm³/mol. The molecule has 0 heterocycles. The first-order valence-corrected chi connectivity index (χ1v) is 7.06. The van der Waals surface area contributed by atoms with Crippen molar-refractivity contribution in [2.24, 2.45) is 0 Å². The fraction of sp³-hybridized carbons (Fsp3) is 0.235. The van der Waals surface area contributed by atoms with Gasteiger partial charge >= 0.3 is 6.18 Å². The molecular weight excluding hydrogens is 310 g/mol. The first-order valence-electron chi connectivity index (χ1n) is 7.06. The Labute approximate surface area is 130 Å². The first-order chi connectivity index (χ1) is 10.8. The van der Waals surface area contributed by atoms with E-state index in [2.05, 4.69) is 5.32 Å². The van der Waals surface area contributed by atoms with Gasteiger partial charge in [-0.1, -0.05) is 12.1 Å². The molecule has 0 aliphatic heterocycles. The van der Waals surface area contributed by atoms with Crippen LogP contribution in [0.4, 0.5) is 17.6 Å². The molecule has 23 heavy (non-hydrogen) atoms. The zero-order chi connectivity index (χ0) is 16.7. The Morgan fingerprint density at radius 3 is 2.00 bits per heavy atom. The minimum atomic E-state index is -4.43. The number of rotatable bonds is 3. The normalized spacial score (nSPS) is 16.0. The van der Waals surface area contributed by atoms with Gasteiger partial charge in [0.2, 0.25) is 0 Å². The smallest absolute Gasteiger partial charge is 0.343 e. The second kappa shape index (κ2) is 5.37. The lowest BCUT2D eigenvalue weighted by atomic mass is 10.0. The molecule has 0 unspecified atom stereocenters. The van der Waals surface area contributed by atoms with Crippen molar-refractivity contribution in [3.63, 3.8) is 0 Å². The SMILES string of the molecule is O=C(NC1(c2ccc(F)cc2)CC1)c1ccc(C(F)(F)F)cc1. The molecule has 0 saturated heterocycles. The number of halogens is 4. The van der Waals surface area contributed by atoms with E-state index >= 15 is 0 Å². The number of nitrogens with one attached hydrogen (secondary N) is 1. The molecule has 0 spiro atoms. The summed E-state index contributed by atoms with van der Waals surface area (Å²) in [5.41, 5.74) is -0.396. The molecule has 0 bridgehead atoms. The van der Waals surface area contributed by atoms with E-state index in [4.69, 9.17) is 0 Å². The van der Waals surface area contributed by atoms with Crippen molar-refractivity contribution >= 4 is 5.91 Å². The molecule has 1 aliphatic carbocycles. The van der Waals surface area contributed by atoms with Crippen LogP contribution in [0, 0.1) is 5.82 Å². The highest BCUT2D eigenvalue weighted by atomic mass is 19.4. The molecule has 2 aromatic rings. The molecule has 1 aliphatic rings. The third-order valence-electron chi connectivity index (χ3n) is 3.97. The molecule has 1 N–H and O–H groups in total. The number of carbonyl (C=O) groups is 1. The van der Waals surface area contributed by atoms with E-state index in [-0.39, 0.29) is 11.4 Å². The van der Waals surface area contributed by atoms with Gasteiger partial charge in [0.05, 0.1) is 11.1 Å². The fourth-order valence-electron chi connectivity index (χ4n) is 2.48. The van der Waals surface area contributed by atoms with E-state index < -0.39 is 23.2 Å². The Hall–Kier alpha value is -2.37. The van der Waals surface area contributed by atoms with Crippen LogP contribution >= 0.6 is 0 Å². The summed E-state index contributed by atoms with van der Waals surface area (Å²) in [6.07, 6.45) is -3.00. The molecule has 0 aromatic heterocycles. The zero-order valence-electron chi connectivity index (χ0n) is 12.0. The Morgan fingerprint density at radius 1 is 0.957 bits per heavy atom. The van der Waals surface area contributed by atoms with Crippen LogP contribution in [0.3, 0.4) is 0 Å². The maximum atomic E-state index is 13.0. The number of amides is 1. The maximum absolute atomic E-state index is 13.0. The summed E-state index contributed by atoms with van der Waals surface area (Å²) in [5, 5.41) is 2.83. The zero-order valence-corrected chi connectivity index (χ0v) is 12.0. The highest BCUT2D eigenvalue weighted by Gasteiger charge is 2.45. The van der Waals surface area contributed by atoms with Crippen LogP contribution < -0.4 is 5.32 Å². The summed E-state index contributed by atoms with van der Waals surface area (Å²) in [6.45, 7) is 0. The number of carbonyl (C=O) groups excluding carboxylic acids is 1. The van der Waals surface area contributed by atoms with Crippen LogP contribution in [-0.2, 0) is 11.7 Å². The maximum Gasteiger partial charge on any atom is 0.416 e. The topological polar surface area (TPSA) is 29.1 Å². The second-order valence-corrected chi connectivity index (χ2v) is 5.62. The number of hydrogen-bond donors (Lipinski definition) is 1. The van der Waals surface area contributed by atoms with Gasteiger partial charge in [-0.25, -0.2) is 4.39 Å². The molecule has 1 fully saturated rings. The summed E-state index contributed by atoms with van der Waals surface area (Å²) in [4.78, 5) is 12.2. The lowest BCUT2D eigenvalue weighted by molar-refractivity contribution is -0.137. The van der Waals surface area contributed by atoms with Gasteiger partial charge in [-0.2, -0.15) is 13.2 Å². The Bertz CT molecular complexity index is 716. The molecule has 1 saturated carbocycles. The van der Waals surface area contributed by atoms with E-state index in [1.165, 1.54) is 12.1 Å². The van der Waals surface area contributed by atoms with Crippen molar-refractivity contribution < 1.29 is 22.4 Å². The minimum absolute atomic E-state index is 0.159. The Morgan fingerprint density at radius 2 is 1.52 bits per heavy atom. The highest BCUT2D eigenvalue weighted by molar-refractivity contribution is 5.95.